The fourth-order valence-corrected chi connectivity index (χ4v) is 8.43. The molecule has 0 radical (unpaired) electrons. The van der Waals surface area contributed by atoms with E-state index in [1.807, 2.05) is 12.1 Å². The first-order valence-corrected chi connectivity index (χ1v) is 17.2. The van der Waals surface area contributed by atoms with Crippen LogP contribution in [0.15, 0.2) is 156 Å². The van der Waals surface area contributed by atoms with Crippen LogP contribution in [0.2, 0.25) is 0 Å². The monoisotopic (exact) mass is 632 g/mol. The molecule has 0 bridgehead atoms. The third-order valence-electron chi connectivity index (χ3n) is 9.65. The predicted octanol–water partition coefficient (Wildman–Crippen LogP) is 12.5. The summed E-state index contributed by atoms with van der Waals surface area (Å²) in [6.07, 6.45) is 9.81. The molecule has 1 aliphatic rings. The van der Waals surface area contributed by atoms with Crippen molar-refractivity contribution in [1.82, 2.24) is 9.97 Å². The maximum Gasteiger partial charge on any atom is 0.161 e. The van der Waals surface area contributed by atoms with Crippen LogP contribution in [-0.4, -0.2) is 9.97 Å². The Balaban J connectivity index is 1.16. The van der Waals surface area contributed by atoms with E-state index in [9.17, 15) is 0 Å². The zero-order valence-corrected chi connectivity index (χ0v) is 26.7. The van der Waals surface area contributed by atoms with Crippen LogP contribution in [0.5, 0.6) is 0 Å². The Morgan fingerprint density at radius 1 is 0.625 bits per heavy atom. The molecular formula is C44H28N2OS. The number of allylic oxidation sites excluding steroid dienone is 4. The molecule has 226 valence electrons. The van der Waals surface area contributed by atoms with Crippen LogP contribution in [0.1, 0.15) is 17.9 Å². The second kappa shape index (κ2) is 10.9. The Morgan fingerprint density at radius 2 is 1.42 bits per heavy atom. The van der Waals surface area contributed by atoms with Gasteiger partial charge in [-0.2, -0.15) is 0 Å². The molecule has 48 heavy (non-hydrogen) atoms. The second-order valence-corrected chi connectivity index (χ2v) is 13.5. The molecule has 4 heteroatoms. The van der Waals surface area contributed by atoms with Gasteiger partial charge in [0.1, 0.15) is 11.2 Å². The van der Waals surface area contributed by atoms with Gasteiger partial charge in [0.25, 0.3) is 0 Å². The van der Waals surface area contributed by atoms with Gasteiger partial charge in [-0.1, -0.05) is 127 Å². The first kappa shape index (κ1) is 27.3. The normalized spacial score (nSPS) is 14.6. The van der Waals surface area contributed by atoms with E-state index in [1.54, 1.807) is 11.3 Å². The number of hydrogen-bond donors (Lipinski definition) is 0. The summed E-state index contributed by atoms with van der Waals surface area (Å²) in [6, 6.07) is 45.3. The molecule has 1 unspecified atom stereocenters. The van der Waals surface area contributed by atoms with Crippen LogP contribution < -0.4 is 0 Å². The van der Waals surface area contributed by atoms with Crippen LogP contribution in [0.25, 0.3) is 86.8 Å². The fraction of sp³-hybridized carbons (Fsp3) is 0.0455. The summed E-state index contributed by atoms with van der Waals surface area (Å²) < 4.78 is 8.87. The van der Waals surface area contributed by atoms with Crippen molar-refractivity contribution in [1.29, 1.82) is 0 Å². The summed E-state index contributed by atoms with van der Waals surface area (Å²) in [5, 5.41) is 5.71. The van der Waals surface area contributed by atoms with E-state index in [0.717, 1.165) is 66.3 Å². The minimum atomic E-state index is 0.405. The number of nitrogens with zero attached hydrogens (tertiary/aromatic N) is 2. The maximum absolute atomic E-state index is 6.55. The quantitative estimate of drug-likeness (QED) is 0.194. The average Bonchev–Trinajstić information content (AvgIpc) is 3.73. The number of benzene rings is 6. The van der Waals surface area contributed by atoms with E-state index < -0.39 is 0 Å². The van der Waals surface area contributed by atoms with E-state index in [0.29, 0.717) is 11.7 Å². The van der Waals surface area contributed by atoms with Crippen LogP contribution >= 0.6 is 11.3 Å². The van der Waals surface area contributed by atoms with Gasteiger partial charge in [-0.05, 0) is 58.1 Å². The Hall–Kier alpha value is -5.84. The third kappa shape index (κ3) is 4.34. The van der Waals surface area contributed by atoms with Crippen molar-refractivity contribution in [3.05, 3.63) is 157 Å². The van der Waals surface area contributed by atoms with E-state index in [1.165, 1.54) is 26.6 Å². The first-order chi connectivity index (χ1) is 23.8. The standard InChI is InChI=1S/C44H28N2OS/c1-2-10-27(11-3-1)28-20-22-30(23-21-28)41-43-42(35-15-6-7-19-39(35)48-43)46-44(45-41)36-17-9-18-37-40(36)34-25-24-31(26-38(34)47-37)33-16-8-13-29-12-4-5-14-32(29)33/h1-10,12-27H,11H2. The van der Waals surface area contributed by atoms with Gasteiger partial charge in [-0.25, -0.2) is 9.97 Å². The van der Waals surface area contributed by atoms with Crippen LogP contribution in [0, 0.1) is 0 Å². The molecule has 6 aromatic carbocycles. The number of thiophene rings is 1. The van der Waals surface area contributed by atoms with Crippen molar-refractivity contribution in [2.24, 2.45) is 0 Å². The molecule has 0 N–H and O–H groups in total. The molecule has 1 atom stereocenters. The molecule has 3 heterocycles. The lowest BCUT2D eigenvalue weighted by Crippen LogP contribution is -1.97. The molecule has 0 aliphatic heterocycles. The largest absolute Gasteiger partial charge is 0.456 e. The average molecular weight is 633 g/mol. The lowest BCUT2D eigenvalue weighted by molar-refractivity contribution is 0.669. The molecule has 0 amide bonds. The van der Waals surface area contributed by atoms with Gasteiger partial charge >= 0.3 is 0 Å². The fourth-order valence-electron chi connectivity index (χ4n) is 7.28. The lowest BCUT2D eigenvalue weighted by Gasteiger charge is -2.14. The third-order valence-corrected chi connectivity index (χ3v) is 10.8. The summed E-state index contributed by atoms with van der Waals surface area (Å²) in [5.41, 5.74) is 9.35. The molecular weight excluding hydrogens is 605 g/mol. The number of hydrogen-bond acceptors (Lipinski definition) is 4. The van der Waals surface area contributed by atoms with Crippen molar-refractivity contribution in [2.75, 3.05) is 0 Å². The summed E-state index contributed by atoms with van der Waals surface area (Å²) in [4.78, 5) is 10.6. The Labute approximate surface area is 281 Å². The van der Waals surface area contributed by atoms with E-state index in [-0.39, 0.29) is 0 Å². The van der Waals surface area contributed by atoms with Crippen molar-refractivity contribution in [3.63, 3.8) is 0 Å². The summed E-state index contributed by atoms with van der Waals surface area (Å²) in [6.45, 7) is 0. The Morgan fingerprint density at radius 3 is 2.31 bits per heavy atom. The minimum Gasteiger partial charge on any atom is -0.456 e. The lowest BCUT2D eigenvalue weighted by atomic mass is 9.92. The maximum atomic E-state index is 6.55. The zero-order valence-electron chi connectivity index (χ0n) is 25.9. The molecule has 0 saturated carbocycles. The highest BCUT2D eigenvalue weighted by Crippen LogP contribution is 2.43. The van der Waals surface area contributed by atoms with Gasteiger partial charge in [0, 0.05) is 37.9 Å². The van der Waals surface area contributed by atoms with Gasteiger partial charge in [0.15, 0.2) is 5.82 Å². The summed E-state index contributed by atoms with van der Waals surface area (Å²) >= 11 is 1.76. The second-order valence-electron chi connectivity index (χ2n) is 12.5. The minimum absolute atomic E-state index is 0.405. The molecule has 0 spiro atoms. The molecule has 10 rings (SSSR count). The highest BCUT2D eigenvalue weighted by molar-refractivity contribution is 7.26. The molecule has 9 aromatic rings. The number of rotatable bonds is 4. The highest BCUT2D eigenvalue weighted by Gasteiger charge is 2.20. The van der Waals surface area contributed by atoms with E-state index in [2.05, 4.69) is 140 Å². The number of aromatic nitrogens is 2. The molecule has 0 saturated heterocycles. The summed E-state index contributed by atoms with van der Waals surface area (Å²) in [5.74, 6) is 1.11. The molecule has 0 fully saturated rings. The smallest absolute Gasteiger partial charge is 0.161 e. The number of furan rings is 1. The van der Waals surface area contributed by atoms with Gasteiger partial charge < -0.3 is 4.42 Å². The molecule has 3 nitrogen and oxygen atoms in total. The van der Waals surface area contributed by atoms with Crippen molar-refractivity contribution in [2.45, 2.75) is 12.3 Å². The van der Waals surface area contributed by atoms with Gasteiger partial charge in [-0.15, -0.1) is 11.3 Å². The topological polar surface area (TPSA) is 38.9 Å². The highest BCUT2D eigenvalue weighted by atomic mass is 32.1. The van der Waals surface area contributed by atoms with Crippen LogP contribution in [-0.2, 0) is 0 Å². The zero-order chi connectivity index (χ0) is 31.6. The van der Waals surface area contributed by atoms with E-state index >= 15 is 0 Å². The van der Waals surface area contributed by atoms with Crippen molar-refractivity contribution in [3.8, 4) is 33.8 Å². The van der Waals surface area contributed by atoms with Crippen molar-refractivity contribution < 1.29 is 4.42 Å². The van der Waals surface area contributed by atoms with Gasteiger partial charge in [-0.3, -0.25) is 0 Å². The van der Waals surface area contributed by atoms with E-state index in [4.69, 9.17) is 14.4 Å². The molecule has 3 aromatic heterocycles. The van der Waals surface area contributed by atoms with Gasteiger partial charge in [0.05, 0.1) is 15.9 Å². The van der Waals surface area contributed by atoms with Crippen molar-refractivity contribution >= 4 is 64.4 Å². The van der Waals surface area contributed by atoms with Crippen LogP contribution in [0.4, 0.5) is 0 Å². The predicted molar refractivity (Wildman–Crippen MR) is 202 cm³/mol. The molecule has 1 aliphatic carbocycles. The first-order valence-electron chi connectivity index (χ1n) is 16.4. The Kier molecular flexibility index (Phi) is 6.18. The summed E-state index contributed by atoms with van der Waals surface area (Å²) in [7, 11) is 0. The van der Waals surface area contributed by atoms with Gasteiger partial charge in [0.2, 0.25) is 0 Å². The Bertz CT molecular complexity index is 2760. The number of fused-ring (bicyclic) bond motifs is 7. The SMILES string of the molecule is C1=CCC(c2ccc(-c3nc(-c4cccc5oc6cc(-c7cccc8ccccc78)ccc6c45)nc4c3sc3ccccc34)cc2)C=C1. The van der Waals surface area contributed by atoms with Crippen LogP contribution in [0.3, 0.4) is 0 Å².